The number of para-hydroxylation sites is 1. The molecule has 0 spiro atoms. The first kappa shape index (κ1) is 18.8. The van der Waals surface area contributed by atoms with E-state index in [0.29, 0.717) is 24.7 Å². The number of amides is 1. The van der Waals surface area contributed by atoms with Gasteiger partial charge in [0.15, 0.2) is 15.0 Å². The lowest BCUT2D eigenvalue weighted by Gasteiger charge is -2.25. The lowest BCUT2D eigenvalue weighted by atomic mass is 10.1. The number of carbonyl (C=O) groups excluding carboxylic acids is 1. The molecule has 0 bridgehead atoms. The fraction of sp³-hybridized carbons (Fsp3) is 0.556. The van der Waals surface area contributed by atoms with Crippen molar-refractivity contribution in [3.05, 3.63) is 29.8 Å². The molecule has 1 aromatic carbocycles. The highest BCUT2D eigenvalue weighted by atomic mass is 32.2. The molecule has 146 valence electrons. The normalized spacial score (nSPS) is 30.6. The zero-order valence-electron chi connectivity index (χ0n) is 15.0. The van der Waals surface area contributed by atoms with Gasteiger partial charge in [0.2, 0.25) is 0 Å². The van der Waals surface area contributed by atoms with Crippen LogP contribution in [0.15, 0.2) is 29.3 Å². The van der Waals surface area contributed by atoms with Gasteiger partial charge in [0.05, 0.1) is 24.7 Å². The van der Waals surface area contributed by atoms with E-state index in [1.807, 2.05) is 29.2 Å². The number of thioether (sulfide) groups is 1. The van der Waals surface area contributed by atoms with Crippen LogP contribution in [0.4, 0.5) is 0 Å². The van der Waals surface area contributed by atoms with Crippen LogP contribution < -0.4 is 4.74 Å². The van der Waals surface area contributed by atoms with E-state index in [0.717, 1.165) is 17.7 Å². The van der Waals surface area contributed by atoms with Gasteiger partial charge in [-0.05, 0) is 18.9 Å². The van der Waals surface area contributed by atoms with Gasteiger partial charge in [-0.25, -0.2) is 8.42 Å². The van der Waals surface area contributed by atoms with Crippen LogP contribution in [-0.4, -0.2) is 67.0 Å². The van der Waals surface area contributed by atoms with Crippen molar-refractivity contribution in [1.82, 2.24) is 4.90 Å². The standard InChI is InChI=1S/C18H22N2O5S2/c1-24-14-6-3-2-5-12(14)9-20-13-10-27(22,23)11-16(13)26-18(20)19-17(21)15-7-4-8-25-15/h2-3,5-6,13,15-16H,4,7-11H2,1H3/t13-,15-,16-/m0/s1. The Labute approximate surface area is 163 Å². The van der Waals surface area contributed by atoms with Crippen molar-refractivity contribution in [3.8, 4) is 5.75 Å². The number of carbonyl (C=O) groups is 1. The molecule has 7 nitrogen and oxygen atoms in total. The molecule has 0 radical (unpaired) electrons. The van der Waals surface area contributed by atoms with Gasteiger partial charge >= 0.3 is 0 Å². The maximum atomic E-state index is 12.5. The number of aliphatic imine (C=N–C) groups is 1. The number of hydrogen-bond donors (Lipinski definition) is 0. The van der Waals surface area contributed by atoms with Gasteiger partial charge < -0.3 is 14.4 Å². The van der Waals surface area contributed by atoms with Gasteiger partial charge in [-0.2, -0.15) is 4.99 Å². The average molecular weight is 411 g/mol. The van der Waals surface area contributed by atoms with Crippen LogP contribution in [0.2, 0.25) is 0 Å². The van der Waals surface area contributed by atoms with Gasteiger partial charge in [-0.1, -0.05) is 30.0 Å². The molecule has 9 heteroatoms. The Morgan fingerprint density at radius 1 is 1.37 bits per heavy atom. The second-order valence-corrected chi connectivity index (χ2v) is 10.3. The van der Waals surface area contributed by atoms with Crippen LogP contribution >= 0.6 is 11.8 Å². The van der Waals surface area contributed by atoms with E-state index in [2.05, 4.69) is 4.99 Å². The molecule has 3 aliphatic rings. The first-order valence-electron chi connectivity index (χ1n) is 8.96. The highest BCUT2D eigenvalue weighted by Gasteiger charge is 2.49. The Morgan fingerprint density at radius 2 is 2.19 bits per heavy atom. The Hall–Kier alpha value is -1.58. The van der Waals surface area contributed by atoms with Crippen molar-refractivity contribution >= 4 is 32.7 Å². The molecular weight excluding hydrogens is 388 g/mol. The van der Waals surface area contributed by atoms with Crippen LogP contribution in [0.5, 0.6) is 5.75 Å². The smallest absolute Gasteiger partial charge is 0.277 e. The highest BCUT2D eigenvalue weighted by Crippen LogP contribution is 2.40. The number of nitrogens with zero attached hydrogens (tertiary/aromatic N) is 2. The van der Waals surface area contributed by atoms with E-state index in [1.54, 1.807) is 7.11 Å². The fourth-order valence-electron chi connectivity index (χ4n) is 3.78. The van der Waals surface area contributed by atoms with Gasteiger partial charge in [0.1, 0.15) is 11.9 Å². The summed E-state index contributed by atoms with van der Waals surface area (Å²) in [5.74, 6) is 0.671. The minimum Gasteiger partial charge on any atom is -0.496 e. The summed E-state index contributed by atoms with van der Waals surface area (Å²) in [6.07, 6.45) is 1.08. The topological polar surface area (TPSA) is 85.3 Å². The number of benzene rings is 1. The van der Waals surface area contributed by atoms with E-state index in [1.165, 1.54) is 11.8 Å². The molecule has 3 atom stereocenters. The molecule has 0 saturated carbocycles. The van der Waals surface area contributed by atoms with Crippen molar-refractivity contribution < 1.29 is 22.7 Å². The number of amidine groups is 1. The lowest BCUT2D eigenvalue weighted by molar-refractivity contribution is -0.126. The summed E-state index contributed by atoms with van der Waals surface area (Å²) in [5.41, 5.74) is 0.933. The second kappa shape index (κ2) is 7.44. The molecule has 3 saturated heterocycles. The van der Waals surface area contributed by atoms with E-state index < -0.39 is 15.9 Å². The van der Waals surface area contributed by atoms with Gasteiger partial charge in [0, 0.05) is 24.0 Å². The van der Waals surface area contributed by atoms with Gasteiger partial charge in [-0.15, -0.1) is 0 Å². The zero-order valence-corrected chi connectivity index (χ0v) is 16.7. The number of ether oxygens (including phenoxy) is 2. The summed E-state index contributed by atoms with van der Waals surface area (Å²) in [7, 11) is -1.46. The average Bonchev–Trinajstić information content (AvgIpc) is 3.33. The molecule has 1 aromatic rings. The summed E-state index contributed by atoms with van der Waals surface area (Å²) in [5, 5.41) is 0.493. The number of rotatable bonds is 4. The summed E-state index contributed by atoms with van der Waals surface area (Å²) in [6, 6.07) is 7.44. The zero-order chi connectivity index (χ0) is 19.0. The Morgan fingerprint density at radius 3 is 2.93 bits per heavy atom. The molecule has 27 heavy (non-hydrogen) atoms. The van der Waals surface area contributed by atoms with Crippen LogP contribution in [0.3, 0.4) is 0 Å². The van der Waals surface area contributed by atoms with Crippen molar-refractivity contribution in [1.29, 1.82) is 0 Å². The van der Waals surface area contributed by atoms with Crippen molar-refractivity contribution in [3.63, 3.8) is 0 Å². The van der Waals surface area contributed by atoms with Crippen LogP contribution in [-0.2, 0) is 25.9 Å². The number of methoxy groups -OCH3 is 1. The third-order valence-electron chi connectivity index (χ3n) is 5.12. The van der Waals surface area contributed by atoms with Gasteiger partial charge in [-0.3, -0.25) is 4.79 Å². The van der Waals surface area contributed by atoms with E-state index in [4.69, 9.17) is 9.47 Å². The molecule has 0 unspecified atom stereocenters. The summed E-state index contributed by atoms with van der Waals surface area (Å²) in [6.45, 7) is 1.04. The van der Waals surface area contributed by atoms with Crippen molar-refractivity contribution in [2.45, 2.75) is 36.8 Å². The third-order valence-corrected chi connectivity index (χ3v) is 8.37. The minimum absolute atomic E-state index is 0.0902. The maximum Gasteiger partial charge on any atom is 0.277 e. The minimum atomic E-state index is -3.07. The summed E-state index contributed by atoms with van der Waals surface area (Å²) >= 11 is 1.39. The Bertz CT molecular complexity index is 864. The predicted octanol–water partition coefficient (Wildman–Crippen LogP) is 1.47. The highest BCUT2D eigenvalue weighted by molar-refractivity contribution is 8.15. The van der Waals surface area contributed by atoms with E-state index >= 15 is 0 Å². The molecule has 0 aromatic heterocycles. The number of fused-ring (bicyclic) bond motifs is 1. The largest absolute Gasteiger partial charge is 0.496 e. The molecule has 1 amide bonds. The van der Waals surface area contributed by atoms with Gasteiger partial charge in [0.25, 0.3) is 5.91 Å². The first-order chi connectivity index (χ1) is 13.0. The molecule has 3 aliphatic heterocycles. The monoisotopic (exact) mass is 410 g/mol. The summed E-state index contributed by atoms with van der Waals surface area (Å²) in [4.78, 5) is 18.8. The quantitative estimate of drug-likeness (QED) is 0.743. The molecule has 3 fully saturated rings. The molecule has 4 rings (SSSR count). The van der Waals surface area contributed by atoms with Crippen LogP contribution in [0.1, 0.15) is 18.4 Å². The van der Waals surface area contributed by atoms with Crippen molar-refractivity contribution in [2.24, 2.45) is 4.99 Å². The Balaban J connectivity index is 1.63. The molecule has 3 heterocycles. The third kappa shape index (κ3) is 3.86. The maximum absolute atomic E-state index is 12.5. The fourth-order valence-corrected chi connectivity index (χ4v) is 7.73. The van der Waals surface area contributed by atoms with Crippen LogP contribution in [0.25, 0.3) is 0 Å². The summed E-state index contributed by atoms with van der Waals surface area (Å²) < 4.78 is 35.1. The SMILES string of the molecule is COc1ccccc1CN1C(=NC(=O)[C@@H]2CCCO2)S[C@H]2CS(=O)(=O)C[C@@H]21. The van der Waals surface area contributed by atoms with E-state index in [-0.39, 0.29) is 28.7 Å². The second-order valence-electron chi connectivity index (χ2n) is 6.97. The molecular formula is C18H22N2O5S2. The number of sulfone groups is 1. The molecule has 0 N–H and O–H groups in total. The Kier molecular flexibility index (Phi) is 5.17. The van der Waals surface area contributed by atoms with E-state index in [9.17, 15) is 13.2 Å². The molecule has 0 aliphatic carbocycles. The lowest BCUT2D eigenvalue weighted by Crippen LogP contribution is -2.37. The van der Waals surface area contributed by atoms with Crippen molar-refractivity contribution in [2.75, 3.05) is 25.2 Å². The first-order valence-corrected chi connectivity index (χ1v) is 11.7. The predicted molar refractivity (Wildman–Crippen MR) is 104 cm³/mol. The van der Waals surface area contributed by atoms with Crippen LogP contribution in [0, 0.1) is 0 Å². The number of hydrogen-bond acceptors (Lipinski definition) is 6.